The SMILES string of the molecule is CC1CC(NC(=O)c2cc(C(=O)O)cc(C(=O)O)c2)CC(C)(C)C1. The Hall–Kier alpha value is -2.37. The number of hydrogen-bond donors (Lipinski definition) is 3. The summed E-state index contributed by atoms with van der Waals surface area (Å²) in [6.45, 7) is 6.47. The second-order valence-corrected chi connectivity index (χ2v) is 7.49. The van der Waals surface area contributed by atoms with Crippen LogP contribution in [0.2, 0.25) is 0 Å². The van der Waals surface area contributed by atoms with E-state index in [1.165, 1.54) is 12.1 Å². The van der Waals surface area contributed by atoms with Crippen molar-refractivity contribution in [3.8, 4) is 0 Å². The average Bonchev–Trinajstić information content (AvgIpc) is 2.44. The number of carbonyl (C=O) groups is 3. The van der Waals surface area contributed by atoms with E-state index in [4.69, 9.17) is 10.2 Å². The number of carboxylic acids is 2. The van der Waals surface area contributed by atoms with Crippen LogP contribution in [-0.2, 0) is 0 Å². The first-order valence-electron chi connectivity index (χ1n) is 8.00. The summed E-state index contributed by atoms with van der Waals surface area (Å²) in [7, 11) is 0. The molecule has 1 saturated carbocycles. The Bertz CT molecular complexity index is 648. The fourth-order valence-electron chi connectivity index (χ4n) is 3.73. The Balaban J connectivity index is 2.23. The molecule has 1 fully saturated rings. The van der Waals surface area contributed by atoms with Gasteiger partial charge in [-0.05, 0) is 48.8 Å². The second kappa shape index (κ2) is 6.63. The number of hydrogen-bond acceptors (Lipinski definition) is 3. The number of benzene rings is 1. The molecule has 0 radical (unpaired) electrons. The second-order valence-electron chi connectivity index (χ2n) is 7.49. The van der Waals surface area contributed by atoms with Gasteiger partial charge in [-0.25, -0.2) is 9.59 Å². The van der Waals surface area contributed by atoms with Crippen LogP contribution in [0.25, 0.3) is 0 Å². The Morgan fingerprint density at radius 3 is 1.96 bits per heavy atom. The maximum Gasteiger partial charge on any atom is 0.335 e. The highest BCUT2D eigenvalue weighted by Crippen LogP contribution is 2.38. The Morgan fingerprint density at radius 1 is 1.00 bits per heavy atom. The number of aromatic carboxylic acids is 2. The van der Waals surface area contributed by atoms with Crippen molar-refractivity contribution >= 4 is 17.8 Å². The number of nitrogens with one attached hydrogen (secondary N) is 1. The zero-order valence-electron chi connectivity index (χ0n) is 14.1. The summed E-state index contributed by atoms with van der Waals surface area (Å²) in [5, 5.41) is 21.1. The first kappa shape index (κ1) is 18.0. The van der Waals surface area contributed by atoms with Crippen LogP contribution in [0.5, 0.6) is 0 Å². The molecule has 6 nitrogen and oxygen atoms in total. The van der Waals surface area contributed by atoms with E-state index >= 15 is 0 Å². The number of carbonyl (C=O) groups excluding carboxylic acids is 1. The summed E-state index contributed by atoms with van der Waals surface area (Å²) in [6, 6.07) is 3.47. The van der Waals surface area contributed by atoms with Crippen molar-refractivity contribution in [2.75, 3.05) is 0 Å². The van der Waals surface area contributed by atoms with E-state index in [1.807, 2.05) is 0 Å². The molecule has 0 spiro atoms. The van der Waals surface area contributed by atoms with Gasteiger partial charge in [-0.2, -0.15) is 0 Å². The van der Waals surface area contributed by atoms with Crippen LogP contribution in [-0.4, -0.2) is 34.1 Å². The standard InChI is InChI=1S/C18H23NO5/c1-10-4-14(9-18(2,3)8-10)19-15(20)11-5-12(16(21)22)7-13(6-11)17(23)24/h5-7,10,14H,4,8-9H2,1-3H3,(H,19,20)(H,21,22)(H,23,24). The van der Waals surface area contributed by atoms with Gasteiger partial charge in [0.05, 0.1) is 11.1 Å². The van der Waals surface area contributed by atoms with Crippen LogP contribution >= 0.6 is 0 Å². The molecular weight excluding hydrogens is 310 g/mol. The molecule has 0 bridgehead atoms. The molecule has 24 heavy (non-hydrogen) atoms. The molecule has 1 aliphatic rings. The van der Waals surface area contributed by atoms with Crippen molar-refractivity contribution < 1.29 is 24.6 Å². The van der Waals surface area contributed by atoms with E-state index < -0.39 is 17.8 Å². The molecule has 0 aromatic heterocycles. The van der Waals surface area contributed by atoms with Crippen molar-refractivity contribution in [3.63, 3.8) is 0 Å². The fourth-order valence-corrected chi connectivity index (χ4v) is 3.73. The lowest BCUT2D eigenvalue weighted by Gasteiger charge is -2.39. The summed E-state index contributed by atoms with van der Waals surface area (Å²) in [6.07, 6.45) is 2.80. The molecule has 3 N–H and O–H groups in total. The number of amides is 1. The normalized spacial score (nSPS) is 22.6. The third-order valence-corrected chi connectivity index (χ3v) is 4.41. The molecule has 1 aromatic carbocycles. The maximum atomic E-state index is 12.5. The fraction of sp³-hybridized carbons (Fsp3) is 0.500. The zero-order chi connectivity index (χ0) is 18.1. The minimum Gasteiger partial charge on any atom is -0.478 e. The maximum absolute atomic E-state index is 12.5. The molecule has 0 heterocycles. The summed E-state index contributed by atoms with van der Waals surface area (Å²) in [5.74, 6) is -2.48. The van der Waals surface area contributed by atoms with Crippen LogP contribution in [0, 0.1) is 11.3 Å². The molecule has 1 aromatic rings. The van der Waals surface area contributed by atoms with Gasteiger partial charge >= 0.3 is 11.9 Å². The smallest absolute Gasteiger partial charge is 0.335 e. The van der Waals surface area contributed by atoms with Crippen LogP contribution in [0.4, 0.5) is 0 Å². The average molecular weight is 333 g/mol. The van der Waals surface area contributed by atoms with Gasteiger partial charge in [-0.3, -0.25) is 4.79 Å². The quantitative estimate of drug-likeness (QED) is 0.786. The van der Waals surface area contributed by atoms with Gasteiger partial charge in [0.15, 0.2) is 0 Å². The lowest BCUT2D eigenvalue weighted by Crippen LogP contribution is -2.43. The van der Waals surface area contributed by atoms with Crippen molar-refractivity contribution in [2.24, 2.45) is 11.3 Å². The lowest BCUT2D eigenvalue weighted by molar-refractivity contribution is 0.0696. The van der Waals surface area contributed by atoms with E-state index in [2.05, 4.69) is 26.1 Å². The van der Waals surface area contributed by atoms with E-state index in [-0.39, 0.29) is 28.1 Å². The predicted octanol–water partition coefficient (Wildman–Crippen LogP) is 3.03. The van der Waals surface area contributed by atoms with Crippen LogP contribution < -0.4 is 5.32 Å². The molecule has 130 valence electrons. The molecule has 2 unspecified atom stereocenters. The molecule has 2 atom stereocenters. The first-order valence-corrected chi connectivity index (χ1v) is 8.00. The van der Waals surface area contributed by atoms with Crippen LogP contribution in [0.3, 0.4) is 0 Å². The summed E-state index contributed by atoms with van der Waals surface area (Å²) in [5.41, 5.74) is -0.233. The van der Waals surface area contributed by atoms with E-state index in [0.29, 0.717) is 5.92 Å². The summed E-state index contributed by atoms with van der Waals surface area (Å²) >= 11 is 0. The largest absolute Gasteiger partial charge is 0.478 e. The molecule has 1 aliphatic carbocycles. The Kier molecular flexibility index (Phi) is 4.96. The van der Waals surface area contributed by atoms with Gasteiger partial charge in [0.25, 0.3) is 5.91 Å². The first-order chi connectivity index (χ1) is 11.1. The minimum atomic E-state index is -1.26. The molecule has 0 aliphatic heterocycles. The van der Waals surface area contributed by atoms with Gasteiger partial charge in [0, 0.05) is 11.6 Å². The molecule has 2 rings (SSSR count). The molecular formula is C18H23NO5. The van der Waals surface area contributed by atoms with E-state index in [1.54, 1.807) is 0 Å². The number of carboxylic acid groups (broad SMARTS) is 2. The van der Waals surface area contributed by atoms with Gasteiger partial charge in [-0.15, -0.1) is 0 Å². The third kappa shape index (κ3) is 4.34. The number of rotatable bonds is 4. The molecule has 6 heteroatoms. The van der Waals surface area contributed by atoms with Crippen LogP contribution in [0.15, 0.2) is 18.2 Å². The van der Waals surface area contributed by atoms with E-state index in [0.717, 1.165) is 25.3 Å². The van der Waals surface area contributed by atoms with Gasteiger partial charge in [0.2, 0.25) is 0 Å². The molecule has 0 saturated heterocycles. The zero-order valence-corrected chi connectivity index (χ0v) is 14.1. The third-order valence-electron chi connectivity index (χ3n) is 4.41. The highest BCUT2D eigenvalue weighted by molar-refractivity contribution is 6.01. The Labute approximate surface area is 140 Å². The van der Waals surface area contributed by atoms with Gasteiger partial charge < -0.3 is 15.5 Å². The van der Waals surface area contributed by atoms with Crippen molar-refractivity contribution in [1.82, 2.24) is 5.32 Å². The highest BCUT2D eigenvalue weighted by Gasteiger charge is 2.33. The lowest BCUT2D eigenvalue weighted by atomic mass is 9.70. The van der Waals surface area contributed by atoms with Gasteiger partial charge in [-0.1, -0.05) is 20.8 Å². The van der Waals surface area contributed by atoms with Gasteiger partial charge in [0.1, 0.15) is 0 Å². The van der Waals surface area contributed by atoms with E-state index in [9.17, 15) is 14.4 Å². The Morgan fingerprint density at radius 2 is 1.50 bits per heavy atom. The van der Waals surface area contributed by atoms with Crippen molar-refractivity contribution in [1.29, 1.82) is 0 Å². The van der Waals surface area contributed by atoms with Crippen molar-refractivity contribution in [3.05, 3.63) is 34.9 Å². The summed E-state index contributed by atoms with van der Waals surface area (Å²) in [4.78, 5) is 34.8. The highest BCUT2D eigenvalue weighted by atomic mass is 16.4. The minimum absolute atomic E-state index is 0.00184. The topological polar surface area (TPSA) is 104 Å². The van der Waals surface area contributed by atoms with Crippen molar-refractivity contribution in [2.45, 2.75) is 46.1 Å². The predicted molar refractivity (Wildman–Crippen MR) is 88.4 cm³/mol. The van der Waals surface area contributed by atoms with Crippen LogP contribution in [0.1, 0.15) is 71.1 Å². The molecule has 1 amide bonds. The summed E-state index contributed by atoms with van der Waals surface area (Å²) < 4.78 is 0. The monoisotopic (exact) mass is 333 g/mol.